The molecule has 0 aliphatic rings. The molecule has 3 aromatic rings. The molecule has 0 unspecified atom stereocenters. The van der Waals surface area contributed by atoms with Crippen molar-refractivity contribution in [3.63, 3.8) is 0 Å². The largest absolute Gasteiger partial charge is 0.494 e. The van der Waals surface area contributed by atoms with Crippen molar-refractivity contribution in [3.05, 3.63) is 59.9 Å². The first-order valence-corrected chi connectivity index (χ1v) is 8.12. The van der Waals surface area contributed by atoms with Crippen molar-refractivity contribution in [2.24, 2.45) is 0 Å². The minimum atomic E-state index is -0.193. The SMILES string of the molecule is CC[C@@H](NC(=O)c1cnn(-c2ccccc2OC)c1)c1ncc(C)[nH]1. The summed E-state index contributed by atoms with van der Waals surface area (Å²) in [6.45, 7) is 3.93. The second-order valence-corrected chi connectivity index (χ2v) is 5.73. The van der Waals surface area contributed by atoms with Gasteiger partial charge in [-0.3, -0.25) is 4.79 Å². The van der Waals surface area contributed by atoms with Gasteiger partial charge in [-0.25, -0.2) is 9.67 Å². The second kappa shape index (κ2) is 7.21. The zero-order valence-corrected chi connectivity index (χ0v) is 14.5. The van der Waals surface area contributed by atoms with Crippen molar-refractivity contribution in [1.29, 1.82) is 0 Å². The van der Waals surface area contributed by atoms with E-state index in [0.717, 1.165) is 23.6 Å². The Hall–Kier alpha value is -3.09. The number of ether oxygens (including phenoxy) is 1. The van der Waals surface area contributed by atoms with Gasteiger partial charge in [-0.05, 0) is 25.5 Å². The summed E-state index contributed by atoms with van der Waals surface area (Å²) in [4.78, 5) is 20.0. The lowest BCUT2D eigenvalue weighted by Crippen LogP contribution is -2.28. The zero-order chi connectivity index (χ0) is 17.8. The highest BCUT2D eigenvalue weighted by Crippen LogP contribution is 2.22. The molecule has 0 radical (unpaired) electrons. The molecule has 0 saturated heterocycles. The summed E-state index contributed by atoms with van der Waals surface area (Å²) in [5, 5.41) is 7.27. The molecule has 2 N–H and O–H groups in total. The second-order valence-electron chi connectivity index (χ2n) is 5.73. The maximum Gasteiger partial charge on any atom is 0.255 e. The number of para-hydroxylation sites is 2. The number of hydrogen-bond donors (Lipinski definition) is 2. The van der Waals surface area contributed by atoms with E-state index in [-0.39, 0.29) is 11.9 Å². The Morgan fingerprint density at radius 1 is 1.36 bits per heavy atom. The molecule has 0 bridgehead atoms. The predicted octanol–water partition coefficient (Wildman–Crippen LogP) is 2.79. The Balaban J connectivity index is 1.78. The molecule has 0 saturated carbocycles. The maximum atomic E-state index is 12.6. The monoisotopic (exact) mass is 339 g/mol. The number of nitrogens with one attached hydrogen (secondary N) is 2. The molecule has 0 spiro atoms. The highest BCUT2D eigenvalue weighted by atomic mass is 16.5. The minimum Gasteiger partial charge on any atom is -0.494 e. The Labute approximate surface area is 146 Å². The van der Waals surface area contributed by atoms with Gasteiger partial charge in [0.15, 0.2) is 0 Å². The van der Waals surface area contributed by atoms with Crippen LogP contribution < -0.4 is 10.1 Å². The fraction of sp³-hybridized carbons (Fsp3) is 0.278. The Morgan fingerprint density at radius 3 is 2.84 bits per heavy atom. The topological polar surface area (TPSA) is 84.8 Å². The lowest BCUT2D eigenvalue weighted by molar-refractivity contribution is 0.0934. The van der Waals surface area contributed by atoms with Gasteiger partial charge in [0.05, 0.1) is 24.9 Å². The van der Waals surface area contributed by atoms with E-state index in [0.29, 0.717) is 11.3 Å². The van der Waals surface area contributed by atoms with Crippen LogP contribution in [0.4, 0.5) is 0 Å². The van der Waals surface area contributed by atoms with Gasteiger partial charge in [0.25, 0.3) is 5.91 Å². The van der Waals surface area contributed by atoms with Crippen LogP contribution in [0.15, 0.2) is 42.9 Å². The summed E-state index contributed by atoms with van der Waals surface area (Å²) in [6.07, 6.45) is 5.72. The maximum absolute atomic E-state index is 12.6. The third-order valence-corrected chi connectivity index (χ3v) is 3.94. The molecule has 3 rings (SSSR count). The molecular weight excluding hydrogens is 318 g/mol. The van der Waals surface area contributed by atoms with Crippen LogP contribution in [0.2, 0.25) is 0 Å². The molecule has 7 heteroatoms. The molecule has 2 aromatic heterocycles. The lowest BCUT2D eigenvalue weighted by Gasteiger charge is -2.14. The summed E-state index contributed by atoms with van der Waals surface area (Å²) in [6, 6.07) is 7.34. The van der Waals surface area contributed by atoms with E-state index in [2.05, 4.69) is 20.4 Å². The van der Waals surface area contributed by atoms with Crippen LogP contribution in [0.1, 0.15) is 41.3 Å². The number of rotatable bonds is 6. The highest BCUT2D eigenvalue weighted by molar-refractivity contribution is 5.94. The van der Waals surface area contributed by atoms with Crippen molar-refractivity contribution in [2.75, 3.05) is 7.11 Å². The zero-order valence-electron chi connectivity index (χ0n) is 14.5. The molecule has 1 aromatic carbocycles. The number of aromatic nitrogens is 4. The molecule has 25 heavy (non-hydrogen) atoms. The summed E-state index contributed by atoms with van der Waals surface area (Å²) >= 11 is 0. The molecule has 2 heterocycles. The number of benzene rings is 1. The van der Waals surface area contributed by atoms with Crippen LogP contribution in [-0.2, 0) is 0 Å². The summed E-state index contributed by atoms with van der Waals surface area (Å²) in [5.74, 6) is 1.25. The van der Waals surface area contributed by atoms with Crippen LogP contribution in [-0.4, -0.2) is 32.8 Å². The van der Waals surface area contributed by atoms with Gasteiger partial charge in [0.2, 0.25) is 0 Å². The molecule has 0 fully saturated rings. The van der Waals surface area contributed by atoms with Crippen molar-refractivity contribution < 1.29 is 9.53 Å². The molecule has 0 aliphatic carbocycles. The number of aryl methyl sites for hydroxylation is 1. The van der Waals surface area contributed by atoms with E-state index in [4.69, 9.17) is 4.74 Å². The van der Waals surface area contributed by atoms with Crippen molar-refractivity contribution in [3.8, 4) is 11.4 Å². The molecule has 1 amide bonds. The summed E-state index contributed by atoms with van der Waals surface area (Å²) in [7, 11) is 1.60. The number of aromatic amines is 1. The van der Waals surface area contributed by atoms with Gasteiger partial charge in [0, 0.05) is 18.1 Å². The number of carbonyl (C=O) groups excluding carboxylic acids is 1. The normalized spacial score (nSPS) is 12.0. The third-order valence-electron chi connectivity index (χ3n) is 3.94. The van der Waals surface area contributed by atoms with Crippen LogP contribution in [0.25, 0.3) is 5.69 Å². The number of H-pyrrole nitrogens is 1. The Kier molecular flexibility index (Phi) is 4.83. The van der Waals surface area contributed by atoms with Crippen LogP contribution in [0, 0.1) is 6.92 Å². The van der Waals surface area contributed by atoms with Gasteiger partial charge < -0.3 is 15.0 Å². The predicted molar refractivity (Wildman–Crippen MR) is 93.9 cm³/mol. The van der Waals surface area contributed by atoms with Gasteiger partial charge >= 0.3 is 0 Å². The third kappa shape index (κ3) is 3.55. The number of carbonyl (C=O) groups is 1. The Morgan fingerprint density at radius 2 is 2.16 bits per heavy atom. The molecule has 0 aliphatic heterocycles. The standard InChI is InChI=1S/C18H21N5O2/c1-4-14(17-19-9-12(2)21-17)22-18(24)13-10-20-23(11-13)15-7-5-6-8-16(15)25-3/h5-11,14H,4H2,1-3H3,(H,19,21)(H,22,24)/t14-/m1/s1. The summed E-state index contributed by atoms with van der Waals surface area (Å²) < 4.78 is 6.97. The van der Waals surface area contributed by atoms with Crippen molar-refractivity contribution in [1.82, 2.24) is 25.1 Å². The average Bonchev–Trinajstić information content (AvgIpc) is 3.28. The van der Waals surface area contributed by atoms with Crippen LogP contribution in [0.5, 0.6) is 5.75 Å². The van der Waals surface area contributed by atoms with Crippen molar-refractivity contribution in [2.45, 2.75) is 26.3 Å². The molecule has 130 valence electrons. The van der Waals surface area contributed by atoms with Gasteiger partial charge in [-0.2, -0.15) is 5.10 Å². The smallest absolute Gasteiger partial charge is 0.255 e. The van der Waals surface area contributed by atoms with Gasteiger partial charge in [-0.15, -0.1) is 0 Å². The van der Waals surface area contributed by atoms with Gasteiger partial charge in [0.1, 0.15) is 17.3 Å². The minimum absolute atomic E-state index is 0.171. The summed E-state index contributed by atoms with van der Waals surface area (Å²) in [5.41, 5.74) is 2.22. The number of imidazole rings is 1. The molecular formula is C18H21N5O2. The first kappa shape index (κ1) is 16.8. The van der Waals surface area contributed by atoms with E-state index >= 15 is 0 Å². The number of hydrogen-bond acceptors (Lipinski definition) is 4. The quantitative estimate of drug-likeness (QED) is 0.723. The van der Waals surface area contributed by atoms with E-state index in [1.165, 1.54) is 0 Å². The number of amides is 1. The fourth-order valence-corrected chi connectivity index (χ4v) is 2.61. The van der Waals surface area contributed by atoms with Crippen LogP contribution >= 0.6 is 0 Å². The van der Waals surface area contributed by atoms with E-state index < -0.39 is 0 Å². The van der Waals surface area contributed by atoms with E-state index in [1.807, 2.05) is 38.1 Å². The first-order valence-electron chi connectivity index (χ1n) is 8.12. The van der Waals surface area contributed by atoms with E-state index in [9.17, 15) is 4.79 Å². The number of methoxy groups -OCH3 is 1. The van der Waals surface area contributed by atoms with Gasteiger partial charge in [-0.1, -0.05) is 19.1 Å². The molecule has 7 nitrogen and oxygen atoms in total. The van der Waals surface area contributed by atoms with Crippen molar-refractivity contribution >= 4 is 5.91 Å². The fourth-order valence-electron chi connectivity index (χ4n) is 2.61. The first-order chi connectivity index (χ1) is 12.1. The average molecular weight is 339 g/mol. The van der Waals surface area contributed by atoms with E-state index in [1.54, 1.807) is 30.4 Å². The van der Waals surface area contributed by atoms with Crippen LogP contribution in [0.3, 0.4) is 0 Å². The number of nitrogens with zero attached hydrogens (tertiary/aromatic N) is 3. The highest BCUT2D eigenvalue weighted by Gasteiger charge is 2.18. The molecule has 1 atom stereocenters. The Bertz CT molecular complexity index is 868. The lowest BCUT2D eigenvalue weighted by atomic mass is 10.2.